The molecule has 0 aromatic heterocycles. The van der Waals surface area contributed by atoms with E-state index in [-0.39, 0.29) is 46.1 Å². The molecule has 1 heterocycles. The number of Topliss-reactive ketones (excluding diaryl/α,β-unsaturated/α-hetero) is 1. The molecule has 248 valence electrons. The number of ether oxygens (including phenoxy) is 1. The van der Waals surface area contributed by atoms with Gasteiger partial charge in [-0.15, -0.1) is 4.40 Å². The molecular weight excluding hydrogens is 645 g/mol. The molecule has 12 nitrogen and oxygen atoms in total. The van der Waals surface area contributed by atoms with E-state index in [2.05, 4.69) is 19.8 Å². The zero-order chi connectivity index (χ0) is 34.4. The zero-order valence-electron chi connectivity index (χ0n) is 26.5. The highest BCUT2D eigenvalue weighted by Crippen LogP contribution is 2.44. The first-order valence-electron chi connectivity index (χ1n) is 14.7. The second-order valence-corrected chi connectivity index (χ2v) is 16.1. The minimum atomic E-state index is -4.45. The smallest absolute Gasteiger partial charge is 0.308 e. The SMILES string of the molecule is CC(=O)Oc1cccc(CNC2(CCC(C)(C)C)C(=O)C(C3=NS(=O)(=O)c4cc(NS(C)(=O)=O)ccc4N3)=C(O)c3ccccc32)c1. The second-order valence-electron chi connectivity index (χ2n) is 12.8. The van der Waals surface area contributed by atoms with Crippen LogP contribution in [0.4, 0.5) is 11.4 Å². The van der Waals surface area contributed by atoms with E-state index in [1.54, 1.807) is 42.5 Å². The van der Waals surface area contributed by atoms with Crippen LogP contribution < -0.4 is 20.1 Å². The van der Waals surface area contributed by atoms with Crippen molar-refractivity contribution in [3.63, 3.8) is 0 Å². The van der Waals surface area contributed by atoms with Gasteiger partial charge in [0.2, 0.25) is 10.0 Å². The molecule has 0 spiro atoms. The average molecular weight is 681 g/mol. The fraction of sp³-hybridized carbons (Fsp3) is 0.303. The molecule has 4 N–H and O–H groups in total. The van der Waals surface area contributed by atoms with Crippen molar-refractivity contribution in [2.24, 2.45) is 9.81 Å². The van der Waals surface area contributed by atoms with Gasteiger partial charge in [-0.3, -0.25) is 19.6 Å². The normalized spacial score (nSPS) is 18.8. The molecule has 1 aliphatic carbocycles. The summed E-state index contributed by atoms with van der Waals surface area (Å²) in [5.74, 6) is -1.52. The summed E-state index contributed by atoms with van der Waals surface area (Å²) in [6.07, 6.45) is 1.79. The van der Waals surface area contributed by atoms with Crippen molar-refractivity contribution < 1.29 is 36.3 Å². The Morgan fingerprint density at radius 3 is 2.47 bits per heavy atom. The highest BCUT2D eigenvalue weighted by molar-refractivity contribution is 7.92. The molecule has 2 aliphatic rings. The molecular formula is C33H36N4O8S2. The van der Waals surface area contributed by atoms with E-state index in [4.69, 9.17) is 4.74 Å². The lowest BCUT2D eigenvalue weighted by molar-refractivity contribution is -0.131. The number of hydrogen-bond acceptors (Lipinski definition) is 10. The predicted octanol–water partition coefficient (Wildman–Crippen LogP) is 4.86. The number of benzene rings is 3. The van der Waals surface area contributed by atoms with Gasteiger partial charge in [-0.2, -0.15) is 8.42 Å². The van der Waals surface area contributed by atoms with E-state index in [9.17, 15) is 31.5 Å². The van der Waals surface area contributed by atoms with Gasteiger partial charge in [-0.1, -0.05) is 57.2 Å². The number of sulfonamides is 2. The fourth-order valence-electron chi connectivity index (χ4n) is 5.62. The van der Waals surface area contributed by atoms with E-state index in [0.29, 0.717) is 28.9 Å². The van der Waals surface area contributed by atoms with Crippen molar-refractivity contribution in [3.8, 4) is 5.75 Å². The maximum absolute atomic E-state index is 14.9. The van der Waals surface area contributed by atoms with Crippen molar-refractivity contribution in [2.75, 3.05) is 16.3 Å². The number of amidine groups is 1. The lowest BCUT2D eigenvalue weighted by Crippen LogP contribution is -2.53. The molecule has 0 saturated carbocycles. The number of esters is 1. The number of anilines is 2. The lowest BCUT2D eigenvalue weighted by atomic mass is 9.69. The van der Waals surface area contributed by atoms with E-state index in [1.165, 1.54) is 19.1 Å². The van der Waals surface area contributed by atoms with Gasteiger partial charge >= 0.3 is 5.97 Å². The van der Waals surface area contributed by atoms with Crippen molar-refractivity contribution >= 4 is 54.8 Å². The predicted molar refractivity (Wildman–Crippen MR) is 179 cm³/mol. The van der Waals surface area contributed by atoms with Crippen LogP contribution in [0.3, 0.4) is 0 Å². The number of aliphatic hydroxyl groups excluding tert-OH is 1. The molecule has 3 aromatic rings. The topological polar surface area (TPSA) is 180 Å². The highest BCUT2D eigenvalue weighted by Gasteiger charge is 2.49. The molecule has 47 heavy (non-hydrogen) atoms. The van der Waals surface area contributed by atoms with Gasteiger partial charge in [-0.25, -0.2) is 8.42 Å². The van der Waals surface area contributed by atoms with E-state index in [1.807, 2.05) is 26.8 Å². The minimum Gasteiger partial charge on any atom is -0.506 e. The number of hydrogen-bond donors (Lipinski definition) is 4. The summed E-state index contributed by atoms with van der Waals surface area (Å²) in [6.45, 7) is 7.58. The molecule has 1 aliphatic heterocycles. The summed E-state index contributed by atoms with van der Waals surface area (Å²) in [6, 6.07) is 17.6. The van der Waals surface area contributed by atoms with E-state index < -0.39 is 43.1 Å². The Kier molecular flexibility index (Phi) is 8.81. The van der Waals surface area contributed by atoms with Crippen LogP contribution >= 0.6 is 0 Å². The number of aliphatic hydroxyl groups is 1. The Bertz CT molecular complexity index is 2070. The molecule has 0 bridgehead atoms. The first-order valence-corrected chi connectivity index (χ1v) is 18.1. The molecule has 0 radical (unpaired) electrons. The third-order valence-corrected chi connectivity index (χ3v) is 9.68. The summed E-state index contributed by atoms with van der Waals surface area (Å²) in [7, 11) is -8.14. The van der Waals surface area contributed by atoms with Gasteiger partial charge in [0.05, 0.1) is 11.9 Å². The monoisotopic (exact) mass is 680 g/mol. The number of fused-ring (bicyclic) bond motifs is 2. The van der Waals surface area contributed by atoms with E-state index >= 15 is 0 Å². The number of ketones is 1. The zero-order valence-corrected chi connectivity index (χ0v) is 28.2. The van der Waals surface area contributed by atoms with Crippen LogP contribution in [0.2, 0.25) is 0 Å². The van der Waals surface area contributed by atoms with Gasteiger partial charge in [0.1, 0.15) is 27.5 Å². The molecule has 0 saturated heterocycles. The molecule has 1 atom stereocenters. The fourth-order valence-corrected chi connectivity index (χ4v) is 7.32. The Hall–Kier alpha value is -4.53. The Labute approximate surface area is 274 Å². The number of nitrogens with zero attached hydrogens (tertiary/aromatic N) is 1. The first kappa shape index (κ1) is 33.8. The Morgan fingerprint density at radius 1 is 1.06 bits per heavy atom. The number of rotatable bonds is 9. The van der Waals surface area contributed by atoms with Crippen LogP contribution in [0, 0.1) is 5.41 Å². The largest absolute Gasteiger partial charge is 0.506 e. The van der Waals surface area contributed by atoms with Crippen molar-refractivity contribution in [2.45, 2.75) is 57.5 Å². The van der Waals surface area contributed by atoms with Crippen LogP contribution in [-0.4, -0.2) is 45.8 Å². The Morgan fingerprint density at radius 2 is 1.79 bits per heavy atom. The van der Waals surface area contributed by atoms with Crippen LogP contribution in [-0.2, 0) is 41.7 Å². The molecule has 1 unspecified atom stereocenters. The maximum Gasteiger partial charge on any atom is 0.308 e. The summed E-state index contributed by atoms with van der Waals surface area (Å²) >= 11 is 0. The maximum atomic E-state index is 14.9. The van der Waals surface area contributed by atoms with Crippen molar-refractivity contribution in [1.29, 1.82) is 0 Å². The van der Waals surface area contributed by atoms with Crippen LogP contribution in [0.15, 0.2) is 81.6 Å². The first-order chi connectivity index (χ1) is 21.9. The van der Waals surface area contributed by atoms with Gasteiger partial charge < -0.3 is 15.2 Å². The highest BCUT2D eigenvalue weighted by atomic mass is 32.2. The Balaban J connectivity index is 1.62. The summed E-state index contributed by atoms with van der Waals surface area (Å²) < 4.78 is 61.8. The third kappa shape index (κ3) is 7.24. The van der Waals surface area contributed by atoms with Crippen LogP contribution in [0.5, 0.6) is 5.75 Å². The summed E-state index contributed by atoms with van der Waals surface area (Å²) in [4.78, 5) is 26.1. The van der Waals surface area contributed by atoms with Crippen LogP contribution in [0.1, 0.15) is 57.2 Å². The van der Waals surface area contributed by atoms with E-state index in [0.717, 1.165) is 12.3 Å². The molecule has 0 amide bonds. The molecule has 5 rings (SSSR count). The number of carbonyl (C=O) groups excluding carboxylic acids is 2. The van der Waals surface area contributed by atoms with Crippen molar-refractivity contribution in [3.05, 3.63) is 89.0 Å². The van der Waals surface area contributed by atoms with Gasteiger partial charge in [-0.05, 0) is 59.7 Å². The average Bonchev–Trinajstić information content (AvgIpc) is 2.96. The molecule has 0 fully saturated rings. The minimum absolute atomic E-state index is 0.0168. The van der Waals surface area contributed by atoms with Gasteiger partial charge in [0.15, 0.2) is 11.6 Å². The number of nitrogens with one attached hydrogen (secondary N) is 3. The molecule has 3 aromatic carbocycles. The van der Waals surface area contributed by atoms with Crippen molar-refractivity contribution in [1.82, 2.24) is 5.32 Å². The summed E-state index contributed by atoms with van der Waals surface area (Å²) in [5.41, 5.74) is -0.317. The quantitative estimate of drug-likeness (QED) is 0.180. The lowest BCUT2D eigenvalue weighted by Gasteiger charge is -2.41. The van der Waals surface area contributed by atoms with Gasteiger partial charge in [0.25, 0.3) is 10.0 Å². The molecule has 14 heteroatoms. The second kappa shape index (κ2) is 12.2. The standard InChI is InChI=1S/C33H36N4O8S2/c1-20(38)45-23-10-8-9-21(17-23)19-34-33(16-15-32(2,3)4)25-12-7-6-11-24(25)29(39)28(30(33)40)31-35-26-14-13-22(36-46(5,41)42)18-27(26)47(43,44)37-31/h6-14,17-18,34,36,39H,15-16,19H2,1-5H3,(H,35,37). The number of carbonyl (C=O) groups is 2. The van der Waals surface area contributed by atoms with Crippen LogP contribution in [0.25, 0.3) is 5.76 Å². The third-order valence-electron chi connectivity index (χ3n) is 7.76. The summed E-state index contributed by atoms with van der Waals surface area (Å²) in [5, 5.41) is 17.9. The van der Waals surface area contributed by atoms with Gasteiger partial charge in [0, 0.05) is 24.7 Å².